The molecular formula is C20H20N4O3S3. The Kier molecular flexibility index (Phi) is 8.54. The molecule has 3 aromatic rings. The fourth-order valence-corrected chi connectivity index (χ4v) is 5.15. The third kappa shape index (κ3) is 6.48. The molecule has 1 aromatic heterocycles. The Labute approximate surface area is 187 Å². The number of benzene rings is 2. The second-order valence-corrected chi connectivity index (χ2v) is 9.20. The normalized spacial score (nSPS) is 10.9. The summed E-state index contributed by atoms with van der Waals surface area (Å²) in [4.78, 5) is 12.1. The van der Waals surface area contributed by atoms with E-state index < -0.39 is 0 Å². The maximum atomic E-state index is 12.1. The van der Waals surface area contributed by atoms with E-state index in [2.05, 4.69) is 32.9 Å². The zero-order valence-corrected chi connectivity index (χ0v) is 18.9. The number of carbonyl (C=O) groups excluding carboxylic acids is 1. The number of methoxy groups -OCH3 is 2. The Balaban J connectivity index is 1.45. The SMILES string of the molecule is COc1cccc(C=NNC(=O)CSc2nnc(SCc3ccccc3)s2)c1OC. The van der Waals surface area contributed by atoms with Crippen LogP contribution in [0.1, 0.15) is 11.1 Å². The van der Waals surface area contributed by atoms with E-state index in [0.29, 0.717) is 17.1 Å². The number of aromatic nitrogens is 2. The van der Waals surface area contributed by atoms with Gasteiger partial charge < -0.3 is 9.47 Å². The Morgan fingerprint density at radius 3 is 2.57 bits per heavy atom. The lowest BCUT2D eigenvalue weighted by molar-refractivity contribution is -0.118. The number of rotatable bonds is 10. The molecule has 0 fully saturated rings. The van der Waals surface area contributed by atoms with Crippen molar-refractivity contribution in [2.45, 2.75) is 14.4 Å². The summed E-state index contributed by atoms with van der Waals surface area (Å²) >= 11 is 4.44. The summed E-state index contributed by atoms with van der Waals surface area (Å²) in [6, 6.07) is 15.6. The highest BCUT2D eigenvalue weighted by Crippen LogP contribution is 2.31. The predicted octanol–water partition coefficient (Wildman–Crippen LogP) is 4.09. The van der Waals surface area contributed by atoms with Gasteiger partial charge in [0.15, 0.2) is 20.2 Å². The highest BCUT2D eigenvalue weighted by molar-refractivity contribution is 8.03. The van der Waals surface area contributed by atoms with E-state index in [1.807, 2.05) is 30.3 Å². The zero-order chi connectivity index (χ0) is 21.2. The van der Waals surface area contributed by atoms with Crippen LogP contribution in [-0.4, -0.2) is 42.3 Å². The molecular weight excluding hydrogens is 440 g/mol. The third-order valence-electron chi connectivity index (χ3n) is 3.75. The Morgan fingerprint density at radius 1 is 1.07 bits per heavy atom. The van der Waals surface area contributed by atoms with Gasteiger partial charge in [0.1, 0.15) is 0 Å². The van der Waals surface area contributed by atoms with Gasteiger partial charge in [-0.15, -0.1) is 10.2 Å². The molecule has 0 saturated carbocycles. The molecule has 0 bridgehead atoms. The standard InChI is InChI=1S/C20H20N4O3S3/c1-26-16-10-6-9-15(18(16)27-2)11-21-22-17(25)13-29-20-24-23-19(30-20)28-12-14-7-4-3-5-8-14/h3-11H,12-13H2,1-2H3,(H,22,25). The summed E-state index contributed by atoms with van der Waals surface area (Å²) in [6.07, 6.45) is 1.52. The molecule has 0 aliphatic heterocycles. The number of carbonyl (C=O) groups is 1. The fourth-order valence-electron chi connectivity index (χ4n) is 2.38. The van der Waals surface area contributed by atoms with Gasteiger partial charge in [-0.05, 0) is 17.7 Å². The van der Waals surface area contributed by atoms with Gasteiger partial charge in [-0.3, -0.25) is 4.79 Å². The minimum atomic E-state index is -0.230. The number of amides is 1. The number of nitrogens with one attached hydrogen (secondary N) is 1. The van der Waals surface area contributed by atoms with Crippen LogP contribution in [0.15, 0.2) is 62.3 Å². The molecule has 0 aliphatic rings. The van der Waals surface area contributed by atoms with Crippen molar-refractivity contribution in [1.29, 1.82) is 0 Å². The minimum Gasteiger partial charge on any atom is -0.493 e. The summed E-state index contributed by atoms with van der Waals surface area (Å²) in [5.41, 5.74) is 4.44. The summed E-state index contributed by atoms with van der Waals surface area (Å²) in [7, 11) is 3.12. The van der Waals surface area contributed by atoms with Gasteiger partial charge in [-0.1, -0.05) is 71.3 Å². The number of hydrogen-bond donors (Lipinski definition) is 1. The molecule has 0 spiro atoms. The smallest absolute Gasteiger partial charge is 0.250 e. The van der Waals surface area contributed by atoms with Crippen molar-refractivity contribution >= 4 is 47.0 Å². The van der Waals surface area contributed by atoms with E-state index in [0.717, 1.165) is 14.4 Å². The van der Waals surface area contributed by atoms with Crippen LogP contribution < -0.4 is 14.9 Å². The lowest BCUT2D eigenvalue weighted by atomic mass is 10.2. The molecule has 0 unspecified atom stereocenters. The molecule has 30 heavy (non-hydrogen) atoms. The van der Waals surface area contributed by atoms with E-state index >= 15 is 0 Å². The summed E-state index contributed by atoms with van der Waals surface area (Å²) in [5.74, 6) is 1.96. The molecule has 1 N–H and O–H groups in total. The monoisotopic (exact) mass is 460 g/mol. The van der Waals surface area contributed by atoms with Crippen LogP contribution in [0.4, 0.5) is 0 Å². The van der Waals surface area contributed by atoms with Crippen molar-refractivity contribution in [2.75, 3.05) is 20.0 Å². The number of hydrazone groups is 1. The minimum absolute atomic E-state index is 0.199. The molecule has 2 aromatic carbocycles. The molecule has 0 saturated heterocycles. The van der Waals surface area contributed by atoms with E-state index in [9.17, 15) is 4.79 Å². The third-order valence-corrected chi connectivity index (χ3v) is 7.01. The van der Waals surface area contributed by atoms with Gasteiger partial charge in [0.25, 0.3) is 5.91 Å². The number of hydrogen-bond acceptors (Lipinski definition) is 9. The lowest BCUT2D eigenvalue weighted by Gasteiger charge is -2.09. The van der Waals surface area contributed by atoms with E-state index in [1.165, 1.54) is 34.9 Å². The molecule has 1 heterocycles. The molecule has 1 amide bonds. The maximum Gasteiger partial charge on any atom is 0.250 e. The Hall–Kier alpha value is -2.56. The van der Waals surface area contributed by atoms with Crippen molar-refractivity contribution < 1.29 is 14.3 Å². The quantitative estimate of drug-likeness (QED) is 0.277. The van der Waals surface area contributed by atoms with Crippen molar-refractivity contribution in [3.63, 3.8) is 0 Å². The average Bonchev–Trinajstić information content (AvgIpc) is 3.24. The number of ether oxygens (including phenoxy) is 2. The predicted molar refractivity (Wildman–Crippen MR) is 122 cm³/mol. The number of thioether (sulfide) groups is 2. The molecule has 0 atom stereocenters. The first kappa shape index (κ1) is 22.1. The number of nitrogens with zero attached hydrogens (tertiary/aromatic N) is 3. The average molecular weight is 461 g/mol. The largest absolute Gasteiger partial charge is 0.493 e. The number of para-hydroxylation sites is 1. The molecule has 7 nitrogen and oxygen atoms in total. The van der Waals surface area contributed by atoms with Crippen LogP contribution in [0.3, 0.4) is 0 Å². The van der Waals surface area contributed by atoms with Gasteiger partial charge in [-0.2, -0.15) is 5.10 Å². The first-order valence-electron chi connectivity index (χ1n) is 8.85. The first-order valence-corrected chi connectivity index (χ1v) is 11.6. The second-order valence-electron chi connectivity index (χ2n) is 5.77. The van der Waals surface area contributed by atoms with Crippen LogP contribution >= 0.6 is 34.9 Å². The van der Waals surface area contributed by atoms with Gasteiger partial charge >= 0.3 is 0 Å². The second kappa shape index (κ2) is 11.6. The lowest BCUT2D eigenvalue weighted by Crippen LogP contribution is -2.19. The first-order chi connectivity index (χ1) is 14.7. The van der Waals surface area contributed by atoms with E-state index in [-0.39, 0.29) is 11.7 Å². The topological polar surface area (TPSA) is 85.7 Å². The van der Waals surface area contributed by atoms with E-state index in [1.54, 1.807) is 32.0 Å². The fraction of sp³-hybridized carbons (Fsp3) is 0.200. The zero-order valence-electron chi connectivity index (χ0n) is 16.4. The summed E-state index contributed by atoms with van der Waals surface area (Å²) < 4.78 is 12.2. The Bertz CT molecular complexity index is 996. The van der Waals surface area contributed by atoms with Crippen LogP contribution in [0.25, 0.3) is 0 Å². The van der Waals surface area contributed by atoms with Crippen LogP contribution in [0.2, 0.25) is 0 Å². The van der Waals surface area contributed by atoms with Crippen LogP contribution in [0, 0.1) is 0 Å². The van der Waals surface area contributed by atoms with Gasteiger partial charge in [0.2, 0.25) is 0 Å². The summed E-state index contributed by atoms with van der Waals surface area (Å²) in [5, 5.41) is 12.3. The molecule has 0 aliphatic carbocycles. The molecule has 3 rings (SSSR count). The van der Waals surface area contributed by atoms with Crippen molar-refractivity contribution in [1.82, 2.24) is 15.6 Å². The van der Waals surface area contributed by atoms with Crippen LogP contribution in [-0.2, 0) is 10.5 Å². The highest BCUT2D eigenvalue weighted by atomic mass is 32.2. The van der Waals surface area contributed by atoms with Crippen LogP contribution in [0.5, 0.6) is 11.5 Å². The highest BCUT2D eigenvalue weighted by Gasteiger charge is 2.10. The van der Waals surface area contributed by atoms with Crippen molar-refractivity contribution in [2.24, 2.45) is 5.10 Å². The van der Waals surface area contributed by atoms with Gasteiger partial charge in [-0.25, -0.2) is 5.43 Å². The van der Waals surface area contributed by atoms with Gasteiger partial charge in [0, 0.05) is 11.3 Å². The summed E-state index contributed by atoms with van der Waals surface area (Å²) in [6.45, 7) is 0. The van der Waals surface area contributed by atoms with Crippen molar-refractivity contribution in [3.05, 3.63) is 59.7 Å². The molecule has 10 heteroatoms. The van der Waals surface area contributed by atoms with Crippen molar-refractivity contribution in [3.8, 4) is 11.5 Å². The molecule has 156 valence electrons. The molecule has 0 radical (unpaired) electrons. The van der Waals surface area contributed by atoms with E-state index in [4.69, 9.17) is 9.47 Å². The van der Waals surface area contributed by atoms with Gasteiger partial charge in [0.05, 0.1) is 26.2 Å². The Morgan fingerprint density at radius 2 is 1.83 bits per heavy atom. The maximum absolute atomic E-state index is 12.1.